The van der Waals surface area contributed by atoms with E-state index in [0.29, 0.717) is 16.6 Å². The van der Waals surface area contributed by atoms with Crippen LogP contribution in [0.2, 0.25) is 5.02 Å². The molecule has 1 N–H and O–H groups in total. The minimum absolute atomic E-state index is 0.354. The van der Waals surface area contributed by atoms with E-state index in [1.54, 1.807) is 12.1 Å². The molecule has 0 heterocycles. The summed E-state index contributed by atoms with van der Waals surface area (Å²) in [6.07, 6.45) is 0. The normalized spacial score (nSPS) is 9.77. The van der Waals surface area contributed by atoms with E-state index in [9.17, 15) is 0 Å². The molecule has 0 spiro atoms. The predicted octanol–water partition coefficient (Wildman–Crippen LogP) is 3.03. The Hall–Kier alpha value is -1.20. The lowest BCUT2D eigenvalue weighted by molar-refractivity contribution is 0.899. The molecule has 0 bridgehead atoms. The molecular formula is C10H11ClN2. The fourth-order valence-corrected chi connectivity index (χ4v) is 1.19. The van der Waals surface area contributed by atoms with Gasteiger partial charge in [0.1, 0.15) is 6.07 Å². The van der Waals surface area contributed by atoms with E-state index in [1.165, 1.54) is 0 Å². The number of hydrogen-bond donors (Lipinski definition) is 1. The van der Waals surface area contributed by atoms with Crippen LogP contribution >= 0.6 is 11.6 Å². The number of benzene rings is 1. The second-order valence-corrected chi connectivity index (χ2v) is 3.51. The van der Waals surface area contributed by atoms with E-state index in [1.807, 2.05) is 26.0 Å². The number of rotatable bonds is 2. The van der Waals surface area contributed by atoms with Crippen LogP contribution < -0.4 is 5.32 Å². The van der Waals surface area contributed by atoms with Gasteiger partial charge in [0.15, 0.2) is 0 Å². The van der Waals surface area contributed by atoms with E-state index in [-0.39, 0.29) is 0 Å². The van der Waals surface area contributed by atoms with Gasteiger partial charge in [0.25, 0.3) is 0 Å². The van der Waals surface area contributed by atoms with Crippen LogP contribution in [0.25, 0.3) is 0 Å². The van der Waals surface area contributed by atoms with Crippen molar-refractivity contribution in [2.45, 2.75) is 19.9 Å². The zero-order chi connectivity index (χ0) is 9.84. The predicted molar refractivity (Wildman–Crippen MR) is 54.9 cm³/mol. The van der Waals surface area contributed by atoms with E-state index < -0.39 is 0 Å². The van der Waals surface area contributed by atoms with Gasteiger partial charge in [-0.3, -0.25) is 0 Å². The Balaban J connectivity index is 2.95. The molecule has 68 valence electrons. The molecule has 0 atom stereocenters. The van der Waals surface area contributed by atoms with Crippen molar-refractivity contribution in [3.63, 3.8) is 0 Å². The largest absolute Gasteiger partial charge is 0.383 e. The molecule has 1 aromatic rings. The molecule has 0 unspecified atom stereocenters. The first-order valence-corrected chi connectivity index (χ1v) is 4.47. The van der Waals surface area contributed by atoms with Gasteiger partial charge in [0, 0.05) is 11.7 Å². The maximum Gasteiger partial charge on any atom is 0.101 e. The van der Waals surface area contributed by atoms with Crippen LogP contribution in [0.15, 0.2) is 18.2 Å². The Labute approximate surface area is 83.1 Å². The quantitative estimate of drug-likeness (QED) is 0.786. The SMILES string of the molecule is CC(C)Nc1ccc(Cl)c(C#N)c1. The Bertz CT molecular complexity index is 339. The Kier molecular flexibility index (Phi) is 3.16. The smallest absolute Gasteiger partial charge is 0.101 e. The lowest BCUT2D eigenvalue weighted by Gasteiger charge is -2.09. The lowest BCUT2D eigenvalue weighted by atomic mass is 10.2. The molecule has 0 amide bonds. The van der Waals surface area contributed by atoms with Crippen molar-refractivity contribution in [3.8, 4) is 6.07 Å². The van der Waals surface area contributed by atoms with Crippen LogP contribution in [0.5, 0.6) is 0 Å². The van der Waals surface area contributed by atoms with Gasteiger partial charge in [-0.05, 0) is 32.0 Å². The van der Waals surface area contributed by atoms with Gasteiger partial charge in [0.05, 0.1) is 10.6 Å². The highest BCUT2D eigenvalue weighted by atomic mass is 35.5. The third-order valence-corrected chi connectivity index (χ3v) is 1.87. The maximum atomic E-state index is 8.71. The summed E-state index contributed by atoms with van der Waals surface area (Å²) < 4.78 is 0. The molecule has 2 nitrogen and oxygen atoms in total. The monoisotopic (exact) mass is 194 g/mol. The fraction of sp³-hybridized carbons (Fsp3) is 0.300. The maximum absolute atomic E-state index is 8.71. The van der Waals surface area contributed by atoms with E-state index in [0.717, 1.165) is 5.69 Å². The average molecular weight is 195 g/mol. The number of anilines is 1. The molecule has 13 heavy (non-hydrogen) atoms. The third kappa shape index (κ3) is 2.64. The number of halogens is 1. The van der Waals surface area contributed by atoms with Crippen LogP contribution in [0.3, 0.4) is 0 Å². The zero-order valence-corrected chi connectivity index (χ0v) is 8.39. The van der Waals surface area contributed by atoms with Crippen LogP contribution in [0.4, 0.5) is 5.69 Å². The topological polar surface area (TPSA) is 35.8 Å². The van der Waals surface area contributed by atoms with Crippen molar-refractivity contribution >= 4 is 17.3 Å². The summed E-state index contributed by atoms with van der Waals surface area (Å²) in [5.74, 6) is 0. The van der Waals surface area contributed by atoms with Crippen molar-refractivity contribution in [2.24, 2.45) is 0 Å². The fourth-order valence-electron chi connectivity index (χ4n) is 1.03. The van der Waals surface area contributed by atoms with Crippen LogP contribution in [-0.2, 0) is 0 Å². The molecule has 0 fully saturated rings. The van der Waals surface area contributed by atoms with Crippen molar-refractivity contribution < 1.29 is 0 Å². The minimum atomic E-state index is 0.354. The minimum Gasteiger partial charge on any atom is -0.383 e. The summed E-state index contributed by atoms with van der Waals surface area (Å²) in [7, 11) is 0. The molecule has 1 aromatic carbocycles. The molecular weight excluding hydrogens is 184 g/mol. The van der Waals surface area contributed by atoms with Crippen molar-refractivity contribution in [1.29, 1.82) is 5.26 Å². The lowest BCUT2D eigenvalue weighted by Crippen LogP contribution is -2.09. The first-order valence-electron chi connectivity index (χ1n) is 4.09. The molecule has 0 aromatic heterocycles. The van der Waals surface area contributed by atoms with Crippen LogP contribution in [0, 0.1) is 11.3 Å². The van der Waals surface area contributed by atoms with E-state index >= 15 is 0 Å². The number of nitrogens with one attached hydrogen (secondary N) is 1. The highest BCUT2D eigenvalue weighted by Crippen LogP contribution is 2.19. The summed E-state index contributed by atoms with van der Waals surface area (Å²) in [6, 6.07) is 7.73. The molecule has 0 radical (unpaired) electrons. The molecule has 0 aliphatic rings. The van der Waals surface area contributed by atoms with Gasteiger partial charge in [-0.15, -0.1) is 0 Å². The average Bonchev–Trinajstić information content (AvgIpc) is 2.07. The van der Waals surface area contributed by atoms with Gasteiger partial charge in [-0.2, -0.15) is 5.26 Å². The zero-order valence-electron chi connectivity index (χ0n) is 7.63. The molecule has 0 saturated heterocycles. The molecule has 0 aliphatic carbocycles. The van der Waals surface area contributed by atoms with Gasteiger partial charge < -0.3 is 5.32 Å². The third-order valence-electron chi connectivity index (χ3n) is 1.54. The first-order chi connectivity index (χ1) is 6.13. The number of nitrogens with zero attached hydrogens (tertiary/aromatic N) is 1. The highest BCUT2D eigenvalue weighted by molar-refractivity contribution is 6.31. The molecule has 0 aliphatic heterocycles. The summed E-state index contributed by atoms with van der Waals surface area (Å²) in [4.78, 5) is 0. The van der Waals surface area contributed by atoms with Crippen molar-refractivity contribution in [2.75, 3.05) is 5.32 Å². The Morgan fingerprint density at radius 1 is 1.46 bits per heavy atom. The molecule has 1 rings (SSSR count). The van der Waals surface area contributed by atoms with Gasteiger partial charge in [-0.1, -0.05) is 11.6 Å². The summed E-state index contributed by atoms with van der Waals surface area (Å²) in [6.45, 7) is 4.08. The molecule has 3 heteroatoms. The second-order valence-electron chi connectivity index (χ2n) is 3.11. The molecule has 0 saturated carbocycles. The van der Waals surface area contributed by atoms with Crippen LogP contribution in [-0.4, -0.2) is 6.04 Å². The van der Waals surface area contributed by atoms with E-state index in [2.05, 4.69) is 5.32 Å². The van der Waals surface area contributed by atoms with Crippen molar-refractivity contribution in [1.82, 2.24) is 0 Å². The van der Waals surface area contributed by atoms with Gasteiger partial charge in [-0.25, -0.2) is 0 Å². The summed E-state index contributed by atoms with van der Waals surface area (Å²) >= 11 is 5.78. The first kappa shape index (κ1) is 9.88. The Morgan fingerprint density at radius 2 is 2.15 bits per heavy atom. The Morgan fingerprint density at radius 3 is 2.69 bits per heavy atom. The summed E-state index contributed by atoms with van der Waals surface area (Å²) in [5.41, 5.74) is 1.43. The van der Waals surface area contributed by atoms with Gasteiger partial charge >= 0.3 is 0 Å². The standard InChI is InChI=1S/C10H11ClN2/c1-7(2)13-9-3-4-10(11)8(5-9)6-12/h3-5,7,13H,1-2H3. The number of hydrogen-bond acceptors (Lipinski definition) is 2. The van der Waals surface area contributed by atoms with Crippen LogP contribution in [0.1, 0.15) is 19.4 Å². The van der Waals surface area contributed by atoms with E-state index in [4.69, 9.17) is 16.9 Å². The second kappa shape index (κ2) is 4.15. The van der Waals surface area contributed by atoms with Crippen molar-refractivity contribution in [3.05, 3.63) is 28.8 Å². The highest BCUT2D eigenvalue weighted by Gasteiger charge is 2.01. The summed E-state index contributed by atoms with van der Waals surface area (Å²) in [5, 5.41) is 12.4. The number of nitriles is 1. The van der Waals surface area contributed by atoms with Gasteiger partial charge in [0.2, 0.25) is 0 Å².